The van der Waals surface area contributed by atoms with E-state index in [1.165, 1.54) is 11.3 Å². The van der Waals surface area contributed by atoms with Crippen molar-refractivity contribution in [3.05, 3.63) is 34.5 Å². The number of nitrogens with zero attached hydrogens (tertiary/aromatic N) is 3. The van der Waals surface area contributed by atoms with Gasteiger partial charge in [0.2, 0.25) is 0 Å². The molecule has 0 spiro atoms. The lowest BCUT2D eigenvalue weighted by atomic mass is 10.1. The largest absolute Gasteiger partial charge is 0.357 e. The predicted molar refractivity (Wildman–Crippen MR) is 99.4 cm³/mol. The van der Waals surface area contributed by atoms with Gasteiger partial charge in [-0.2, -0.15) is 0 Å². The average molecular weight is 333 g/mol. The Bertz CT molecular complexity index is 529. The number of hydrogen-bond acceptors (Lipinski definition) is 3. The molecule has 0 bridgehead atoms. The Morgan fingerprint density at radius 3 is 2.96 bits per heavy atom. The number of aliphatic imine (C=N–C) groups is 1. The monoisotopic (exact) mass is 332 g/mol. The van der Waals surface area contributed by atoms with Crippen LogP contribution < -0.4 is 5.32 Å². The van der Waals surface area contributed by atoms with Gasteiger partial charge in [0.05, 0.1) is 6.54 Å². The highest BCUT2D eigenvalue weighted by atomic mass is 32.1. The number of nitrogens with one attached hydrogen (secondary N) is 1. The van der Waals surface area contributed by atoms with E-state index in [2.05, 4.69) is 58.6 Å². The van der Waals surface area contributed by atoms with Crippen LogP contribution in [0.1, 0.15) is 31.1 Å². The first-order chi connectivity index (χ1) is 11.3. The average Bonchev–Trinajstić information content (AvgIpc) is 3.32. The van der Waals surface area contributed by atoms with E-state index in [1.807, 2.05) is 11.3 Å². The molecule has 23 heavy (non-hydrogen) atoms. The van der Waals surface area contributed by atoms with Crippen molar-refractivity contribution in [2.45, 2.75) is 32.2 Å². The summed E-state index contributed by atoms with van der Waals surface area (Å²) in [5, 5.41) is 5.63. The Kier molecular flexibility index (Phi) is 5.73. The Morgan fingerprint density at radius 2 is 2.26 bits per heavy atom. The molecular formula is C18H28N4S. The smallest absolute Gasteiger partial charge is 0.193 e. The second kappa shape index (κ2) is 7.97. The third-order valence-electron chi connectivity index (χ3n) is 4.70. The second-order valence-corrected chi connectivity index (χ2v) is 7.40. The summed E-state index contributed by atoms with van der Waals surface area (Å²) < 4.78 is 0. The van der Waals surface area contributed by atoms with E-state index in [-0.39, 0.29) is 0 Å². The summed E-state index contributed by atoms with van der Waals surface area (Å²) in [7, 11) is 0. The third kappa shape index (κ3) is 4.15. The van der Waals surface area contributed by atoms with E-state index in [0.29, 0.717) is 12.0 Å². The fourth-order valence-corrected chi connectivity index (χ4v) is 4.11. The molecule has 3 heterocycles. The fraction of sp³-hybridized carbons (Fsp3) is 0.611. The van der Waals surface area contributed by atoms with Gasteiger partial charge in [-0.1, -0.05) is 25.1 Å². The summed E-state index contributed by atoms with van der Waals surface area (Å²) in [6.45, 7) is 10.6. The zero-order valence-corrected chi connectivity index (χ0v) is 15.1. The first-order valence-corrected chi connectivity index (χ1v) is 9.61. The van der Waals surface area contributed by atoms with Gasteiger partial charge in [0.15, 0.2) is 5.96 Å². The second-order valence-electron chi connectivity index (χ2n) is 6.42. The van der Waals surface area contributed by atoms with Crippen molar-refractivity contribution in [3.63, 3.8) is 0 Å². The van der Waals surface area contributed by atoms with Crippen LogP contribution in [0.5, 0.6) is 0 Å². The van der Waals surface area contributed by atoms with E-state index < -0.39 is 0 Å². The number of rotatable bonds is 5. The minimum atomic E-state index is 0.491. The standard InChI is InChI=1S/C18H28N4S/c1-3-19-18(20-13-15(2)17-7-6-12-23-17)22-11-8-16(14-22)21-9-4-5-10-21/h4-7,12,15-16H,3,8-11,13-14H2,1-2H3,(H,19,20). The van der Waals surface area contributed by atoms with E-state index >= 15 is 0 Å². The van der Waals surface area contributed by atoms with Crippen LogP contribution >= 0.6 is 11.3 Å². The first kappa shape index (κ1) is 16.5. The van der Waals surface area contributed by atoms with Gasteiger partial charge in [0, 0.05) is 49.6 Å². The molecule has 0 aromatic carbocycles. The number of likely N-dealkylation sites (tertiary alicyclic amines) is 1. The molecular weight excluding hydrogens is 304 g/mol. The molecule has 1 aromatic rings. The summed E-state index contributed by atoms with van der Waals surface area (Å²) in [6.07, 6.45) is 5.81. The molecule has 0 aliphatic carbocycles. The molecule has 126 valence electrons. The molecule has 2 atom stereocenters. The highest BCUT2D eigenvalue weighted by molar-refractivity contribution is 7.10. The highest BCUT2D eigenvalue weighted by Gasteiger charge is 2.29. The number of thiophene rings is 1. The van der Waals surface area contributed by atoms with Gasteiger partial charge in [0.1, 0.15) is 0 Å². The molecule has 5 heteroatoms. The van der Waals surface area contributed by atoms with Crippen LogP contribution in [0.2, 0.25) is 0 Å². The molecule has 1 fully saturated rings. The molecule has 0 amide bonds. The van der Waals surface area contributed by atoms with Gasteiger partial charge in [0.25, 0.3) is 0 Å². The maximum atomic E-state index is 4.92. The van der Waals surface area contributed by atoms with Gasteiger partial charge in [-0.15, -0.1) is 11.3 Å². The summed E-state index contributed by atoms with van der Waals surface area (Å²) in [5.74, 6) is 1.58. The SMILES string of the molecule is CCNC(=NCC(C)c1cccs1)N1CCC(N2CC=CC2)C1. The molecule has 0 radical (unpaired) electrons. The fourth-order valence-electron chi connectivity index (χ4n) is 3.34. The van der Waals surface area contributed by atoms with Gasteiger partial charge < -0.3 is 10.2 Å². The van der Waals surface area contributed by atoms with E-state index in [0.717, 1.165) is 45.2 Å². The molecule has 2 aliphatic rings. The number of guanidine groups is 1. The van der Waals surface area contributed by atoms with Crippen LogP contribution in [-0.2, 0) is 0 Å². The maximum absolute atomic E-state index is 4.92. The van der Waals surface area contributed by atoms with Crippen molar-refractivity contribution in [2.24, 2.45) is 4.99 Å². The van der Waals surface area contributed by atoms with E-state index in [1.54, 1.807) is 0 Å². The van der Waals surface area contributed by atoms with Crippen LogP contribution in [-0.4, -0.2) is 61.1 Å². The van der Waals surface area contributed by atoms with Gasteiger partial charge in [-0.05, 0) is 24.8 Å². The van der Waals surface area contributed by atoms with Gasteiger partial charge in [-0.25, -0.2) is 0 Å². The van der Waals surface area contributed by atoms with Crippen LogP contribution in [0.15, 0.2) is 34.7 Å². The van der Waals surface area contributed by atoms with Crippen LogP contribution in [0.3, 0.4) is 0 Å². The minimum absolute atomic E-state index is 0.491. The molecule has 4 nitrogen and oxygen atoms in total. The topological polar surface area (TPSA) is 30.9 Å². The Hall–Kier alpha value is -1.33. The lowest BCUT2D eigenvalue weighted by Gasteiger charge is -2.25. The quantitative estimate of drug-likeness (QED) is 0.511. The van der Waals surface area contributed by atoms with E-state index in [9.17, 15) is 0 Å². The van der Waals surface area contributed by atoms with Crippen molar-refractivity contribution in [1.29, 1.82) is 0 Å². The molecule has 0 saturated carbocycles. The Morgan fingerprint density at radius 1 is 1.43 bits per heavy atom. The normalized spacial score (nSPS) is 23.7. The zero-order chi connectivity index (χ0) is 16.1. The first-order valence-electron chi connectivity index (χ1n) is 8.73. The minimum Gasteiger partial charge on any atom is -0.357 e. The molecule has 2 aliphatic heterocycles. The molecule has 1 aromatic heterocycles. The van der Waals surface area contributed by atoms with Gasteiger partial charge in [-0.3, -0.25) is 9.89 Å². The summed E-state index contributed by atoms with van der Waals surface area (Å²) in [5.41, 5.74) is 0. The van der Waals surface area contributed by atoms with Gasteiger partial charge >= 0.3 is 0 Å². The zero-order valence-electron chi connectivity index (χ0n) is 14.2. The maximum Gasteiger partial charge on any atom is 0.193 e. The number of hydrogen-bond donors (Lipinski definition) is 1. The highest BCUT2D eigenvalue weighted by Crippen LogP contribution is 2.22. The molecule has 1 N–H and O–H groups in total. The lowest BCUT2D eigenvalue weighted by molar-refractivity contribution is 0.259. The molecule has 1 saturated heterocycles. The molecule has 3 rings (SSSR count). The Balaban J connectivity index is 1.58. The lowest BCUT2D eigenvalue weighted by Crippen LogP contribution is -2.43. The third-order valence-corrected chi connectivity index (χ3v) is 5.81. The van der Waals surface area contributed by atoms with Crippen molar-refractivity contribution in [2.75, 3.05) is 39.3 Å². The Labute approximate surface area is 143 Å². The summed E-state index contributed by atoms with van der Waals surface area (Å²) >= 11 is 1.83. The predicted octanol–water partition coefficient (Wildman–Crippen LogP) is 2.76. The van der Waals surface area contributed by atoms with Crippen LogP contribution in [0.25, 0.3) is 0 Å². The summed E-state index contributed by atoms with van der Waals surface area (Å²) in [6, 6.07) is 5.01. The van der Waals surface area contributed by atoms with Crippen molar-refractivity contribution in [3.8, 4) is 0 Å². The van der Waals surface area contributed by atoms with Crippen molar-refractivity contribution >= 4 is 17.3 Å². The van der Waals surface area contributed by atoms with Crippen LogP contribution in [0.4, 0.5) is 0 Å². The van der Waals surface area contributed by atoms with E-state index in [4.69, 9.17) is 4.99 Å². The summed E-state index contributed by atoms with van der Waals surface area (Å²) in [4.78, 5) is 11.3. The molecule has 2 unspecified atom stereocenters. The van der Waals surface area contributed by atoms with Crippen LogP contribution in [0, 0.1) is 0 Å². The van der Waals surface area contributed by atoms with Crippen molar-refractivity contribution in [1.82, 2.24) is 15.1 Å². The van der Waals surface area contributed by atoms with Crippen molar-refractivity contribution < 1.29 is 0 Å².